The second-order valence-electron chi connectivity index (χ2n) is 9.16. The zero-order valence-electron chi connectivity index (χ0n) is 20.5. The van der Waals surface area contributed by atoms with E-state index >= 15 is 0 Å². The van der Waals surface area contributed by atoms with Crippen molar-refractivity contribution in [2.24, 2.45) is 0 Å². The highest BCUT2D eigenvalue weighted by Crippen LogP contribution is 2.23. The summed E-state index contributed by atoms with van der Waals surface area (Å²) in [6.45, 7) is 11.0. The third-order valence-electron chi connectivity index (χ3n) is 6.66. The van der Waals surface area contributed by atoms with Crippen molar-refractivity contribution >= 4 is 17.2 Å². The predicted octanol–water partition coefficient (Wildman–Crippen LogP) is 5.78. The van der Waals surface area contributed by atoms with Crippen molar-refractivity contribution in [1.29, 1.82) is 0 Å². The van der Waals surface area contributed by atoms with Gasteiger partial charge in [0.15, 0.2) is 0 Å². The molecule has 0 aliphatic carbocycles. The number of rotatable bonds is 9. The van der Waals surface area contributed by atoms with Crippen molar-refractivity contribution in [3.05, 3.63) is 80.8 Å². The Hall–Kier alpha value is -2.70. The van der Waals surface area contributed by atoms with Crippen LogP contribution in [0.15, 0.2) is 47.8 Å². The molecule has 0 radical (unpaired) electrons. The zero-order chi connectivity index (χ0) is 23.9. The standard InChI is InChI=1S/C28H35N3O2S/c1-21-11-9-13-26(23(21)3)33-19-27-29-24(20-34-27)18-31(17-16-30-14-7-4-8-15-30)28(32)25-12-6-5-10-22(25)2/h5-6,9-13,20H,4,7-8,14-19H2,1-3H3. The van der Waals surface area contributed by atoms with Crippen molar-refractivity contribution in [2.75, 3.05) is 26.2 Å². The number of aromatic nitrogens is 1. The first-order valence-electron chi connectivity index (χ1n) is 12.2. The number of hydrogen-bond acceptors (Lipinski definition) is 5. The summed E-state index contributed by atoms with van der Waals surface area (Å²) in [7, 11) is 0. The lowest BCUT2D eigenvalue weighted by molar-refractivity contribution is 0.0712. The third-order valence-corrected chi connectivity index (χ3v) is 7.53. The second kappa shape index (κ2) is 11.6. The maximum atomic E-state index is 13.5. The van der Waals surface area contributed by atoms with Crippen LogP contribution >= 0.6 is 11.3 Å². The molecule has 1 amide bonds. The van der Waals surface area contributed by atoms with E-state index < -0.39 is 0 Å². The lowest BCUT2D eigenvalue weighted by Gasteiger charge is -2.30. The van der Waals surface area contributed by atoms with Crippen molar-refractivity contribution < 1.29 is 9.53 Å². The Balaban J connectivity index is 1.44. The van der Waals surface area contributed by atoms with E-state index in [1.165, 1.54) is 24.8 Å². The Labute approximate surface area is 207 Å². The topological polar surface area (TPSA) is 45.7 Å². The van der Waals surface area contributed by atoms with Gasteiger partial charge >= 0.3 is 0 Å². The van der Waals surface area contributed by atoms with Crippen molar-refractivity contribution in [2.45, 2.75) is 53.2 Å². The van der Waals surface area contributed by atoms with Gasteiger partial charge in [0.2, 0.25) is 0 Å². The molecule has 5 nitrogen and oxygen atoms in total. The maximum absolute atomic E-state index is 13.5. The summed E-state index contributed by atoms with van der Waals surface area (Å²) in [5.41, 5.74) is 5.08. The number of carbonyl (C=O) groups is 1. The van der Waals surface area contributed by atoms with Gasteiger partial charge in [0.25, 0.3) is 5.91 Å². The fraction of sp³-hybridized carbons (Fsp3) is 0.429. The Morgan fingerprint density at radius 3 is 2.59 bits per heavy atom. The van der Waals surface area contributed by atoms with E-state index in [0.717, 1.165) is 52.8 Å². The molecule has 0 N–H and O–H groups in total. The van der Waals surface area contributed by atoms with Crippen molar-refractivity contribution in [3.63, 3.8) is 0 Å². The molecule has 0 spiro atoms. The SMILES string of the molecule is Cc1ccccc1C(=O)N(CCN1CCCCC1)Cc1csc(COc2cccc(C)c2C)n1. The Bertz CT molecular complexity index is 1100. The number of amides is 1. The van der Waals surface area contributed by atoms with Crippen LogP contribution in [0.3, 0.4) is 0 Å². The summed E-state index contributed by atoms with van der Waals surface area (Å²) >= 11 is 1.59. The van der Waals surface area contributed by atoms with E-state index in [-0.39, 0.29) is 5.91 Å². The van der Waals surface area contributed by atoms with Crippen molar-refractivity contribution in [1.82, 2.24) is 14.8 Å². The summed E-state index contributed by atoms with van der Waals surface area (Å²) < 4.78 is 6.04. The molecule has 3 aromatic rings. The van der Waals surface area contributed by atoms with E-state index in [2.05, 4.69) is 30.2 Å². The lowest BCUT2D eigenvalue weighted by atomic mass is 10.1. The minimum absolute atomic E-state index is 0.0799. The number of nitrogens with zero attached hydrogens (tertiary/aromatic N) is 3. The number of piperidine rings is 1. The molecule has 0 atom stereocenters. The molecule has 1 aromatic heterocycles. The number of benzene rings is 2. The molecule has 2 aromatic carbocycles. The van der Waals surface area contributed by atoms with Crippen LogP contribution in [0.4, 0.5) is 0 Å². The van der Waals surface area contributed by atoms with Gasteiger partial charge in [-0.2, -0.15) is 0 Å². The molecule has 6 heteroatoms. The molecule has 180 valence electrons. The first-order chi connectivity index (χ1) is 16.5. The molecule has 0 unspecified atom stereocenters. The van der Waals surface area contributed by atoms with Gasteiger partial charge in [-0.05, 0) is 75.5 Å². The van der Waals surface area contributed by atoms with E-state index in [4.69, 9.17) is 9.72 Å². The minimum Gasteiger partial charge on any atom is -0.486 e. The molecule has 1 aliphatic rings. The molecule has 0 saturated carbocycles. The fourth-order valence-corrected chi connectivity index (χ4v) is 5.08. The molecule has 1 saturated heterocycles. The van der Waals surface area contributed by atoms with Crippen LogP contribution in [0.2, 0.25) is 0 Å². The predicted molar refractivity (Wildman–Crippen MR) is 139 cm³/mol. The number of hydrogen-bond donors (Lipinski definition) is 0. The van der Waals surface area contributed by atoms with Gasteiger partial charge in [-0.25, -0.2) is 4.98 Å². The summed E-state index contributed by atoms with van der Waals surface area (Å²) in [5.74, 6) is 0.978. The zero-order valence-corrected chi connectivity index (χ0v) is 21.4. The van der Waals surface area contributed by atoms with Crippen LogP contribution in [0.25, 0.3) is 0 Å². The van der Waals surface area contributed by atoms with E-state index in [0.29, 0.717) is 19.7 Å². The van der Waals surface area contributed by atoms with Gasteiger partial charge < -0.3 is 14.5 Å². The number of thiazole rings is 1. The normalized spacial score (nSPS) is 14.2. The van der Waals surface area contributed by atoms with E-state index in [1.54, 1.807) is 11.3 Å². The molecule has 4 rings (SSSR count). The Morgan fingerprint density at radius 2 is 1.79 bits per heavy atom. The van der Waals surface area contributed by atoms with Crippen LogP contribution in [-0.4, -0.2) is 46.9 Å². The summed E-state index contributed by atoms with van der Waals surface area (Å²) in [6.07, 6.45) is 3.82. The quantitative estimate of drug-likeness (QED) is 0.392. The Morgan fingerprint density at radius 1 is 1.03 bits per heavy atom. The number of carbonyl (C=O) groups excluding carboxylic acids is 1. The highest BCUT2D eigenvalue weighted by molar-refractivity contribution is 7.09. The monoisotopic (exact) mass is 477 g/mol. The summed E-state index contributed by atoms with van der Waals surface area (Å²) in [6, 6.07) is 14.0. The van der Waals surface area contributed by atoms with Crippen molar-refractivity contribution in [3.8, 4) is 5.75 Å². The second-order valence-corrected chi connectivity index (χ2v) is 10.1. The number of ether oxygens (including phenoxy) is 1. The average molecular weight is 478 g/mol. The smallest absolute Gasteiger partial charge is 0.254 e. The first kappa shape index (κ1) is 24.4. The Kier molecular flexibility index (Phi) is 8.35. The summed E-state index contributed by atoms with van der Waals surface area (Å²) in [4.78, 5) is 22.7. The summed E-state index contributed by atoms with van der Waals surface area (Å²) in [5, 5.41) is 2.98. The van der Waals surface area contributed by atoms with Gasteiger partial charge in [0, 0.05) is 24.0 Å². The van der Waals surface area contributed by atoms with Gasteiger partial charge in [0.1, 0.15) is 17.4 Å². The van der Waals surface area contributed by atoms with Crippen LogP contribution < -0.4 is 4.74 Å². The molecular formula is C28H35N3O2S. The fourth-order valence-electron chi connectivity index (χ4n) is 4.38. The largest absolute Gasteiger partial charge is 0.486 e. The average Bonchev–Trinajstić information content (AvgIpc) is 3.30. The molecule has 1 aliphatic heterocycles. The minimum atomic E-state index is 0.0799. The van der Waals surface area contributed by atoms with Crippen LogP contribution in [0, 0.1) is 20.8 Å². The highest BCUT2D eigenvalue weighted by atomic mass is 32.1. The lowest BCUT2D eigenvalue weighted by Crippen LogP contribution is -2.40. The molecule has 1 fully saturated rings. The molecular weight excluding hydrogens is 442 g/mol. The molecule has 34 heavy (non-hydrogen) atoms. The molecule has 2 heterocycles. The molecule has 0 bridgehead atoms. The maximum Gasteiger partial charge on any atom is 0.254 e. The number of likely N-dealkylation sites (tertiary alicyclic amines) is 1. The van der Waals surface area contributed by atoms with Gasteiger partial charge in [-0.15, -0.1) is 11.3 Å². The van der Waals surface area contributed by atoms with Crippen LogP contribution in [0.5, 0.6) is 5.75 Å². The van der Waals surface area contributed by atoms with Crippen LogP contribution in [0.1, 0.15) is 57.0 Å². The first-order valence-corrected chi connectivity index (χ1v) is 13.1. The van der Waals surface area contributed by atoms with Gasteiger partial charge in [-0.3, -0.25) is 4.79 Å². The van der Waals surface area contributed by atoms with Crippen LogP contribution in [-0.2, 0) is 13.2 Å². The third kappa shape index (κ3) is 6.24. The van der Waals surface area contributed by atoms with E-state index in [9.17, 15) is 4.79 Å². The highest BCUT2D eigenvalue weighted by Gasteiger charge is 2.21. The number of aryl methyl sites for hydroxylation is 2. The van der Waals surface area contributed by atoms with Gasteiger partial charge in [-0.1, -0.05) is 36.8 Å². The van der Waals surface area contributed by atoms with Gasteiger partial charge in [0.05, 0.1) is 12.2 Å². The van der Waals surface area contributed by atoms with E-state index in [1.807, 2.05) is 48.2 Å².